The summed E-state index contributed by atoms with van der Waals surface area (Å²) >= 11 is 3.39. The number of anilines is 1. The normalized spacial score (nSPS) is 13.7. The molecule has 1 fully saturated rings. The lowest BCUT2D eigenvalue weighted by Gasteiger charge is -2.19. The van der Waals surface area contributed by atoms with Gasteiger partial charge in [-0.2, -0.15) is 0 Å². The van der Waals surface area contributed by atoms with Crippen molar-refractivity contribution in [2.45, 2.75) is 6.61 Å². The van der Waals surface area contributed by atoms with Gasteiger partial charge in [0.1, 0.15) is 6.61 Å². The first-order valence-electron chi connectivity index (χ1n) is 9.44. The maximum absolute atomic E-state index is 13.3. The van der Waals surface area contributed by atoms with Crippen LogP contribution in [0.2, 0.25) is 0 Å². The smallest absolute Gasteiger partial charge is 0.360 e. The van der Waals surface area contributed by atoms with Crippen LogP contribution in [0.25, 0.3) is 5.65 Å². The van der Waals surface area contributed by atoms with Crippen molar-refractivity contribution in [2.75, 3.05) is 32.1 Å². The van der Waals surface area contributed by atoms with Crippen LogP contribution >= 0.6 is 15.9 Å². The van der Waals surface area contributed by atoms with Gasteiger partial charge in [0.05, 0.1) is 12.8 Å². The molecule has 1 aromatic carbocycles. The third-order valence-corrected chi connectivity index (χ3v) is 5.38. The number of aromatic nitrogens is 2. The Balaban J connectivity index is 1.88. The van der Waals surface area contributed by atoms with E-state index in [2.05, 4.69) is 20.9 Å². The molecular formula is C21H19BrN4O5. The fourth-order valence-electron chi connectivity index (χ4n) is 3.34. The fourth-order valence-corrected chi connectivity index (χ4v) is 3.76. The minimum Gasteiger partial charge on any atom is -0.481 e. The van der Waals surface area contributed by atoms with Gasteiger partial charge in [-0.1, -0.05) is 30.3 Å². The van der Waals surface area contributed by atoms with Crippen molar-refractivity contribution in [2.24, 2.45) is 0 Å². The molecule has 0 radical (unpaired) electrons. The van der Waals surface area contributed by atoms with Gasteiger partial charge in [0, 0.05) is 30.8 Å². The average Bonchev–Trinajstić information content (AvgIpc) is 3.11. The molecule has 0 bridgehead atoms. The number of hydrogen-bond acceptors (Lipinski definition) is 6. The lowest BCUT2D eigenvalue weighted by molar-refractivity contribution is 0.0588. The molecule has 1 aliphatic heterocycles. The summed E-state index contributed by atoms with van der Waals surface area (Å²) in [6.07, 6.45) is 1.52. The molecule has 0 N–H and O–H groups in total. The first-order chi connectivity index (χ1) is 14.9. The molecular weight excluding hydrogens is 468 g/mol. The number of pyridine rings is 1. The monoisotopic (exact) mass is 486 g/mol. The average molecular weight is 487 g/mol. The number of rotatable bonds is 5. The van der Waals surface area contributed by atoms with Gasteiger partial charge in [-0.25, -0.2) is 14.6 Å². The van der Waals surface area contributed by atoms with Crippen molar-refractivity contribution in [3.63, 3.8) is 0 Å². The quantitative estimate of drug-likeness (QED) is 0.514. The Kier molecular flexibility index (Phi) is 5.64. The van der Waals surface area contributed by atoms with Crippen molar-refractivity contribution in [1.29, 1.82) is 0 Å². The molecule has 2 amide bonds. The summed E-state index contributed by atoms with van der Waals surface area (Å²) in [4.78, 5) is 45.8. The van der Waals surface area contributed by atoms with Gasteiger partial charge in [0.15, 0.2) is 11.3 Å². The van der Waals surface area contributed by atoms with Crippen LogP contribution in [0.1, 0.15) is 16.1 Å². The lowest BCUT2D eigenvalue weighted by atomic mass is 10.2. The molecule has 0 atom stereocenters. The Morgan fingerprint density at radius 2 is 1.94 bits per heavy atom. The van der Waals surface area contributed by atoms with Crippen molar-refractivity contribution < 1.29 is 19.1 Å². The SMILES string of the molecule is COC(=O)c1nc2c(N3CCN(C)C3=O)cc(Br)cn2c(=O)c1OCc1ccccc1. The predicted molar refractivity (Wildman–Crippen MR) is 117 cm³/mol. The molecule has 9 nitrogen and oxygen atoms in total. The van der Waals surface area contributed by atoms with Crippen LogP contribution in [-0.4, -0.2) is 53.5 Å². The summed E-state index contributed by atoms with van der Waals surface area (Å²) in [5.41, 5.74) is 0.559. The van der Waals surface area contributed by atoms with E-state index in [1.807, 2.05) is 30.3 Å². The zero-order valence-electron chi connectivity index (χ0n) is 16.9. The number of likely N-dealkylation sites (N-methyl/N-ethyl adjacent to an activating group) is 1. The highest BCUT2D eigenvalue weighted by Gasteiger charge is 2.30. The first-order valence-corrected chi connectivity index (χ1v) is 10.2. The number of esters is 1. The van der Waals surface area contributed by atoms with Crippen molar-refractivity contribution in [3.05, 3.63) is 68.7 Å². The van der Waals surface area contributed by atoms with E-state index in [-0.39, 0.29) is 29.7 Å². The second kappa shape index (κ2) is 8.38. The number of ether oxygens (including phenoxy) is 2. The predicted octanol–water partition coefficient (Wildman–Crippen LogP) is 2.69. The van der Waals surface area contributed by atoms with Crippen LogP contribution < -0.4 is 15.2 Å². The third-order valence-electron chi connectivity index (χ3n) is 4.94. The first kappa shape index (κ1) is 20.9. The van der Waals surface area contributed by atoms with Crippen LogP contribution in [0.15, 0.2) is 51.9 Å². The van der Waals surface area contributed by atoms with Crippen molar-refractivity contribution >= 4 is 39.3 Å². The van der Waals surface area contributed by atoms with E-state index in [1.54, 1.807) is 18.0 Å². The zero-order valence-corrected chi connectivity index (χ0v) is 18.5. The third kappa shape index (κ3) is 3.86. The number of carbonyl (C=O) groups excluding carboxylic acids is 2. The summed E-state index contributed by atoms with van der Waals surface area (Å²) in [5.74, 6) is -1.02. The highest BCUT2D eigenvalue weighted by molar-refractivity contribution is 9.10. The Hall–Kier alpha value is -3.40. The molecule has 4 rings (SSSR count). The standard InChI is InChI=1S/C21H19BrN4O5/c1-24-8-9-25(21(24)29)15-10-14(22)11-26-18(15)23-16(20(28)30-2)17(19(26)27)31-12-13-6-4-3-5-7-13/h3-7,10-11H,8-9,12H2,1-2H3. The van der Waals surface area contributed by atoms with Gasteiger partial charge in [-0.3, -0.25) is 14.1 Å². The van der Waals surface area contributed by atoms with E-state index in [0.29, 0.717) is 23.2 Å². The molecule has 160 valence electrons. The molecule has 31 heavy (non-hydrogen) atoms. The second-order valence-corrected chi connectivity index (χ2v) is 7.87. The number of amides is 2. The maximum Gasteiger partial charge on any atom is 0.360 e. The highest BCUT2D eigenvalue weighted by Crippen LogP contribution is 2.29. The van der Waals surface area contributed by atoms with Gasteiger partial charge in [0.25, 0.3) is 0 Å². The topological polar surface area (TPSA) is 93.5 Å². The van der Waals surface area contributed by atoms with E-state index in [0.717, 1.165) is 5.56 Å². The number of benzene rings is 1. The van der Waals surface area contributed by atoms with E-state index in [1.165, 1.54) is 22.6 Å². The molecule has 0 spiro atoms. The van der Waals surface area contributed by atoms with E-state index in [4.69, 9.17) is 9.47 Å². The minimum atomic E-state index is -0.804. The van der Waals surface area contributed by atoms with Gasteiger partial charge >= 0.3 is 17.6 Å². The van der Waals surface area contributed by atoms with Crippen LogP contribution in [0, 0.1) is 0 Å². The lowest BCUT2D eigenvalue weighted by Crippen LogP contribution is -2.31. The highest BCUT2D eigenvalue weighted by atomic mass is 79.9. The second-order valence-electron chi connectivity index (χ2n) is 6.95. The minimum absolute atomic E-state index is 0.0735. The van der Waals surface area contributed by atoms with Gasteiger partial charge in [0.2, 0.25) is 5.75 Å². The molecule has 0 saturated carbocycles. The number of halogens is 1. The summed E-state index contributed by atoms with van der Waals surface area (Å²) in [6.45, 7) is 1.03. The summed E-state index contributed by atoms with van der Waals surface area (Å²) in [6, 6.07) is 10.7. The van der Waals surface area contributed by atoms with E-state index in [9.17, 15) is 14.4 Å². The molecule has 2 aromatic heterocycles. The fraction of sp³-hybridized carbons (Fsp3) is 0.238. The zero-order chi connectivity index (χ0) is 22.1. The van der Waals surface area contributed by atoms with Crippen LogP contribution in [0.4, 0.5) is 10.5 Å². The van der Waals surface area contributed by atoms with Gasteiger partial charge in [-0.05, 0) is 27.6 Å². The Morgan fingerprint density at radius 3 is 2.58 bits per heavy atom. The summed E-state index contributed by atoms with van der Waals surface area (Å²) in [7, 11) is 2.89. The van der Waals surface area contributed by atoms with E-state index >= 15 is 0 Å². The number of nitrogens with zero attached hydrogens (tertiary/aromatic N) is 4. The molecule has 0 aliphatic carbocycles. The van der Waals surface area contributed by atoms with E-state index < -0.39 is 11.5 Å². The van der Waals surface area contributed by atoms with Crippen molar-refractivity contribution in [3.8, 4) is 5.75 Å². The van der Waals surface area contributed by atoms with Crippen LogP contribution in [-0.2, 0) is 11.3 Å². The Morgan fingerprint density at radius 1 is 1.19 bits per heavy atom. The van der Waals surface area contributed by atoms with Crippen LogP contribution in [0.3, 0.4) is 0 Å². The number of methoxy groups -OCH3 is 1. The Labute approximate surface area is 185 Å². The molecule has 1 saturated heterocycles. The van der Waals surface area contributed by atoms with Crippen LogP contribution in [0.5, 0.6) is 5.75 Å². The summed E-state index contributed by atoms with van der Waals surface area (Å²) < 4.78 is 12.4. The largest absolute Gasteiger partial charge is 0.481 e. The molecule has 1 aliphatic rings. The molecule has 3 aromatic rings. The van der Waals surface area contributed by atoms with Gasteiger partial charge in [-0.15, -0.1) is 0 Å². The Bertz CT molecular complexity index is 1230. The summed E-state index contributed by atoms with van der Waals surface area (Å²) in [5, 5.41) is 0. The maximum atomic E-state index is 13.3. The number of fused-ring (bicyclic) bond motifs is 1. The number of carbonyl (C=O) groups is 2. The number of urea groups is 1. The molecule has 10 heteroatoms. The molecule has 0 unspecified atom stereocenters. The van der Waals surface area contributed by atoms with Crippen molar-refractivity contribution in [1.82, 2.24) is 14.3 Å². The van der Waals surface area contributed by atoms with Gasteiger partial charge < -0.3 is 14.4 Å². The molecule has 3 heterocycles. The number of hydrogen-bond donors (Lipinski definition) is 0.